The molecule has 1 aromatic heterocycles. The van der Waals surface area contributed by atoms with Gasteiger partial charge in [-0.1, -0.05) is 0 Å². The van der Waals surface area contributed by atoms with Gasteiger partial charge in [0.15, 0.2) is 0 Å². The highest BCUT2D eigenvalue weighted by molar-refractivity contribution is 7.07. The van der Waals surface area contributed by atoms with Gasteiger partial charge in [-0.05, 0) is 43.2 Å². The van der Waals surface area contributed by atoms with Crippen LogP contribution in [0.3, 0.4) is 0 Å². The molecular formula is C11H18N2OS. The van der Waals surface area contributed by atoms with Gasteiger partial charge in [0, 0.05) is 12.6 Å². The van der Waals surface area contributed by atoms with Crippen LogP contribution in [-0.2, 0) is 11.3 Å². The molecule has 0 aliphatic heterocycles. The summed E-state index contributed by atoms with van der Waals surface area (Å²) in [5, 5.41) is 4.08. The minimum Gasteiger partial charge on any atom is -0.335 e. The van der Waals surface area contributed by atoms with Crippen molar-refractivity contribution in [1.29, 1.82) is 0 Å². The summed E-state index contributed by atoms with van der Waals surface area (Å²) in [5.74, 6) is 0.0104. The minimum absolute atomic E-state index is 0.0104. The van der Waals surface area contributed by atoms with E-state index in [0.29, 0.717) is 6.54 Å². The molecule has 84 valence electrons. The van der Waals surface area contributed by atoms with E-state index in [0.717, 1.165) is 0 Å². The fourth-order valence-electron chi connectivity index (χ4n) is 1.36. The van der Waals surface area contributed by atoms with Crippen LogP contribution in [0.5, 0.6) is 0 Å². The van der Waals surface area contributed by atoms with Gasteiger partial charge < -0.3 is 10.6 Å². The molecule has 4 heteroatoms. The number of nitrogens with two attached hydrogens (primary N) is 1. The van der Waals surface area contributed by atoms with Crippen molar-refractivity contribution < 1.29 is 4.79 Å². The van der Waals surface area contributed by atoms with Gasteiger partial charge in [-0.15, -0.1) is 0 Å². The van der Waals surface area contributed by atoms with Crippen molar-refractivity contribution in [2.75, 3.05) is 0 Å². The fraction of sp³-hybridized carbons (Fsp3) is 0.545. The van der Waals surface area contributed by atoms with Gasteiger partial charge >= 0.3 is 0 Å². The molecule has 0 fully saturated rings. The lowest BCUT2D eigenvalue weighted by molar-refractivity contribution is -0.134. The molecule has 0 radical (unpaired) electrons. The molecule has 0 aliphatic carbocycles. The number of carbonyl (C=O) groups is 1. The van der Waals surface area contributed by atoms with Crippen molar-refractivity contribution in [3.05, 3.63) is 22.4 Å². The molecule has 1 aromatic rings. The van der Waals surface area contributed by atoms with Crippen LogP contribution >= 0.6 is 11.3 Å². The molecule has 0 bridgehead atoms. The molecule has 1 unspecified atom stereocenters. The smallest absolute Gasteiger partial charge is 0.239 e. The Hall–Kier alpha value is -0.870. The predicted molar refractivity (Wildman–Crippen MR) is 63.7 cm³/mol. The average molecular weight is 226 g/mol. The number of nitrogens with zero attached hydrogens (tertiary/aromatic N) is 1. The van der Waals surface area contributed by atoms with Crippen LogP contribution in [0, 0.1) is 0 Å². The van der Waals surface area contributed by atoms with Crippen LogP contribution in [0.15, 0.2) is 16.8 Å². The van der Waals surface area contributed by atoms with E-state index >= 15 is 0 Å². The zero-order valence-corrected chi connectivity index (χ0v) is 10.3. The van der Waals surface area contributed by atoms with Crippen molar-refractivity contribution in [2.45, 2.75) is 39.4 Å². The Labute approximate surface area is 94.9 Å². The van der Waals surface area contributed by atoms with Crippen LogP contribution in [0.1, 0.15) is 26.3 Å². The maximum Gasteiger partial charge on any atom is 0.239 e. The molecule has 0 spiro atoms. The first-order valence-electron chi connectivity index (χ1n) is 5.09. The van der Waals surface area contributed by atoms with Gasteiger partial charge in [-0.25, -0.2) is 0 Å². The normalized spacial score (nSPS) is 12.9. The van der Waals surface area contributed by atoms with E-state index in [-0.39, 0.29) is 11.9 Å². The van der Waals surface area contributed by atoms with Gasteiger partial charge in [0.25, 0.3) is 0 Å². The summed E-state index contributed by atoms with van der Waals surface area (Å²) in [6.07, 6.45) is 0. The molecule has 0 aromatic carbocycles. The van der Waals surface area contributed by atoms with E-state index in [1.807, 2.05) is 30.2 Å². The standard InChI is InChI=1S/C11H18N2OS/c1-8(2)13(11(14)9(3)12)6-10-4-5-15-7-10/h4-5,7-9H,6,12H2,1-3H3. The van der Waals surface area contributed by atoms with E-state index in [4.69, 9.17) is 5.73 Å². The molecule has 0 aliphatic rings. The highest BCUT2D eigenvalue weighted by atomic mass is 32.1. The minimum atomic E-state index is -0.425. The highest BCUT2D eigenvalue weighted by Gasteiger charge is 2.20. The molecule has 1 amide bonds. The first-order chi connectivity index (χ1) is 7.02. The third-order valence-corrected chi connectivity index (χ3v) is 2.96. The van der Waals surface area contributed by atoms with Gasteiger partial charge in [-0.3, -0.25) is 4.79 Å². The van der Waals surface area contributed by atoms with Crippen molar-refractivity contribution in [1.82, 2.24) is 4.90 Å². The van der Waals surface area contributed by atoms with Crippen LogP contribution in [0.25, 0.3) is 0 Å². The molecule has 15 heavy (non-hydrogen) atoms. The quantitative estimate of drug-likeness (QED) is 0.851. The zero-order chi connectivity index (χ0) is 11.4. The summed E-state index contributed by atoms with van der Waals surface area (Å²) in [6.45, 7) is 6.40. The Morgan fingerprint density at radius 1 is 1.53 bits per heavy atom. The molecule has 0 saturated heterocycles. The zero-order valence-electron chi connectivity index (χ0n) is 9.43. The molecule has 0 saturated carbocycles. The maximum absolute atomic E-state index is 11.8. The third kappa shape index (κ3) is 3.32. The van der Waals surface area contributed by atoms with Crippen molar-refractivity contribution in [3.8, 4) is 0 Å². The number of thiophene rings is 1. The highest BCUT2D eigenvalue weighted by Crippen LogP contribution is 2.12. The van der Waals surface area contributed by atoms with Crippen molar-refractivity contribution >= 4 is 17.2 Å². The lowest BCUT2D eigenvalue weighted by Crippen LogP contribution is -2.45. The van der Waals surface area contributed by atoms with E-state index in [9.17, 15) is 4.79 Å². The van der Waals surface area contributed by atoms with Gasteiger partial charge in [-0.2, -0.15) is 11.3 Å². The van der Waals surface area contributed by atoms with Crippen molar-refractivity contribution in [3.63, 3.8) is 0 Å². The summed E-state index contributed by atoms with van der Waals surface area (Å²) in [4.78, 5) is 13.6. The molecule has 1 heterocycles. The van der Waals surface area contributed by atoms with Gasteiger partial charge in [0.1, 0.15) is 0 Å². The third-order valence-electron chi connectivity index (χ3n) is 2.23. The summed E-state index contributed by atoms with van der Waals surface area (Å²) in [5.41, 5.74) is 6.78. The summed E-state index contributed by atoms with van der Waals surface area (Å²) >= 11 is 1.64. The first kappa shape index (κ1) is 12.2. The molecular weight excluding hydrogens is 208 g/mol. The second kappa shape index (κ2) is 5.28. The van der Waals surface area contributed by atoms with Crippen LogP contribution < -0.4 is 5.73 Å². The Morgan fingerprint density at radius 2 is 2.20 bits per heavy atom. The Kier molecular flexibility index (Phi) is 4.29. The summed E-state index contributed by atoms with van der Waals surface area (Å²) in [7, 11) is 0. The van der Waals surface area contributed by atoms with Gasteiger partial charge in [0.05, 0.1) is 6.04 Å². The largest absolute Gasteiger partial charge is 0.335 e. The second-order valence-corrected chi connectivity index (χ2v) is 4.76. The number of carbonyl (C=O) groups excluding carboxylic acids is 1. The Bertz CT molecular complexity index is 306. The number of hydrogen-bond donors (Lipinski definition) is 1. The topological polar surface area (TPSA) is 46.3 Å². The SMILES string of the molecule is CC(N)C(=O)N(Cc1ccsc1)C(C)C. The first-order valence-corrected chi connectivity index (χ1v) is 6.03. The lowest BCUT2D eigenvalue weighted by atomic mass is 10.2. The molecule has 2 N–H and O–H groups in total. The summed E-state index contributed by atoms with van der Waals surface area (Å²) in [6, 6.07) is 1.79. The number of rotatable bonds is 4. The predicted octanol–water partition coefficient (Wildman–Crippen LogP) is 1.83. The van der Waals surface area contributed by atoms with Crippen LogP contribution in [0.2, 0.25) is 0 Å². The van der Waals surface area contributed by atoms with E-state index in [1.54, 1.807) is 18.3 Å². The summed E-state index contributed by atoms with van der Waals surface area (Å²) < 4.78 is 0. The van der Waals surface area contributed by atoms with Crippen LogP contribution in [0.4, 0.5) is 0 Å². The van der Waals surface area contributed by atoms with E-state index in [1.165, 1.54) is 5.56 Å². The van der Waals surface area contributed by atoms with E-state index < -0.39 is 6.04 Å². The second-order valence-electron chi connectivity index (χ2n) is 3.98. The monoisotopic (exact) mass is 226 g/mol. The fourth-order valence-corrected chi connectivity index (χ4v) is 2.02. The van der Waals surface area contributed by atoms with Gasteiger partial charge in [0.2, 0.25) is 5.91 Å². The number of amides is 1. The Balaban J connectivity index is 2.71. The van der Waals surface area contributed by atoms with Crippen LogP contribution in [-0.4, -0.2) is 22.9 Å². The molecule has 1 atom stereocenters. The lowest BCUT2D eigenvalue weighted by Gasteiger charge is -2.28. The maximum atomic E-state index is 11.8. The van der Waals surface area contributed by atoms with E-state index in [2.05, 4.69) is 5.38 Å². The number of hydrogen-bond acceptors (Lipinski definition) is 3. The average Bonchev–Trinajstić information content (AvgIpc) is 2.64. The molecule has 3 nitrogen and oxygen atoms in total. The van der Waals surface area contributed by atoms with Crippen molar-refractivity contribution in [2.24, 2.45) is 5.73 Å². The Morgan fingerprint density at radius 3 is 2.60 bits per heavy atom. The molecule has 1 rings (SSSR count).